The number of carbonyl (C=O) groups is 2. The van der Waals surface area contributed by atoms with Crippen LogP contribution in [-0.2, 0) is 19.6 Å². The molecule has 2 aromatic carbocycles. The maximum atomic E-state index is 13.0. The Balaban J connectivity index is 1.63. The summed E-state index contributed by atoms with van der Waals surface area (Å²) >= 11 is 0. The fourth-order valence-corrected chi connectivity index (χ4v) is 5.25. The summed E-state index contributed by atoms with van der Waals surface area (Å²) in [5.74, 6) is -1.01. The second kappa shape index (κ2) is 9.49. The summed E-state index contributed by atoms with van der Waals surface area (Å²) in [5.41, 5.74) is 2.38. The molecule has 31 heavy (non-hydrogen) atoms. The van der Waals surface area contributed by atoms with Crippen LogP contribution in [0.4, 0.5) is 5.69 Å². The predicted molar refractivity (Wildman–Crippen MR) is 117 cm³/mol. The third kappa shape index (κ3) is 5.23. The fraction of sp³-hybridized carbons (Fsp3) is 0.364. The van der Waals surface area contributed by atoms with Crippen molar-refractivity contribution < 1.29 is 22.7 Å². The summed E-state index contributed by atoms with van der Waals surface area (Å²) in [6.45, 7) is 4.17. The van der Waals surface area contributed by atoms with Crippen LogP contribution in [0.3, 0.4) is 0 Å². The molecule has 1 aliphatic rings. The molecule has 0 radical (unpaired) electrons. The average Bonchev–Trinajstić information content (AvgIpc) is 3.24. The monoisotopic (exact) mass is 445 g/mol. The molecule has 9 heteroatoms. The number of sulfonamides is 1. The second-order valence-electron chi connectivity index (χ2n) is 7.57. The number of amides is 2. The fourth-order valence-electron chi connectivity index (χ4n) is 3.55. The van der Waals surface area contributed by atoms with Crippen LogP contribution in [0.1, 0.15) is 24.0 Å². The van der Waals surface area contributed by atoms with Gasteiger partial charge in [0.2, 0.25) is 10.0 Å². The van der Waals surface area contributed by atoms with E-state index in [9.17, 15) is 18.0 Å². The normalized spacial score (nSPS) is 16.7. The highest BCUT2D eigenvalue weighted by Gasteiger charge is 2.35. The number of anilines is 1. The molecule has 0 spiro atoms. The van der Waals surface area contributed by atoms with Crippen molar-refractivity contribution in [2.45, 2.75) is 37.6 Å². The summed E-state index contributed by atoms with van der Waals surface area (Å²) in [5, 5.41) is 5.18. The molecule has 166 valence electrons. The molecule has 1 heterocycles. The highest BCUT2D eigenvalue weighted by molar-refractivity contribution is 7.89. The summed E-state index contributed by atoms with van der Waals surface area (Å²) in [4.78, 5) is 24.7. The number of carbonyl (C=O) groups excluding carboxylic acids is 2. The first-order valence-electron chi connectivity index (χ1n) is 10.0. The number of aryl methyl sites for hydroxylation is 2. The lowest BCUT2D eigenvalue weighted by atomic mass is 10.1. The van der Waals surface area contributed by atoms with Gasteiger partial charge in [0, 0.05) is 24.8 Å². The van der Waals surface area contributed by atoms with Crippen molar-refractivity contribution in [3.05, 3.63) is 53.6 Å². The lowest BCUT2D eigenvalue weighted by Crippen LogP contribution is -2.45. The first kappa shape index (κ1) is 22.8. The van der Waals surface area contributed by atoms with Gasteiger partial charge in [0.25, 0.3) is 0 Å². The van der Waals surface area contributed by atoms with E-state index in [1.54, 1.807) is 18.2 Å². The first-order valence-corrected chi connectivity index (χ1v) is 11.5. The van der Waals surface area contributed by atoms with Crippen LogP contribution in [0, 0.1) is 13.8 Å². The van der Waals surface area contributed by atoms with Crippen LogP contribution < -0.4 is 15.4 Å². The Kier molecular flexibility index (Phi) is 6.97. The standard InChI is InChI=1S/C22H27N3O5S/c1-15-6-7-16(2)20(13-15)24-22(27)21(26)23-14-17-5-4-12-25(17)31(28,29)19-10-8-18(30-3)9-11-19/h6-11,13,17H,4-5,12,14H2,1-3H3,(H,23,26)(H,24,27)/t17-/m1/s1. The summed E-state index contributed by atoms with van der Waals surface area (Å²) in [6.07, 6.45) is 1.29. The van der Waals surface area contributed by atoms with Gasteiger partial charge in [0.1, 0.15) is 5.75 Å². The highest BCUT2D eigenvalue weighted by atomic mass is 32.2. The Labute approximate surface area is 182 Å². The predicted octanol–water partition coefficient (Wildman–Crippen LogP) is 2.22. The molecule has 8 nitrogen and oxygen atoms in total. The quantitative estimate of drug-likeness (QED) is 0.664. The van der Waals surface area contributed by atoms with Gasteiger partial charge in [-0.3, -0.25) is 9.59 Å². The molecular formula is C22H27N3O5S. The Morgan fingerprint density at radius 2 is 1.81 bits per heavy atom. The number of rotatable bonds is 6. The molecule has 0 saturated carbocycles. The van der Waals surface area contributed by atoms with E-state index in [4.69, 9.17) is 4.74 Å². The van der Waals surface area contributed by atoms with Gasteiger partial charge in [0.15, 0.2) is 0 Å². The van der Waals surface area contributed by atoms with Crippen molar-refractivity contribution in [2.75, 3.05) is 25.5 Å². The number of benzene rings is 2. The molecule has 2 N–H and O–H groups in total. The van der Waals surface area contributed by atoms with Gasteiger partial charge in [-0.2, -0.15) is 4.31 Å². The van der Waals surface area contributed by atoms with E-state index >= 15 is 0 Å². The Hall–Kier alpha value is -2.91. The van der Waals surface area contributed by atoms with E-state index in [-0.39, 0.29) is 11.4 Å². The van der Waals surface area contributed by atoms with Crippen LogP contribution in [0.25, 0.3) is 0 Å². The van der Waals surface area contributed by atoms with Crippen LogP contribution in [0.2, 0.25) is 0 Å². The van der Waals surface area contributed by atoms with Crippen molar-refractivity contribution in [3.63, 3.8) is 0 Å². The number of methoxy groups -OCH3 is 1. The van der Waals surface area contributed by atoms with Crippen molar-refractivity contribution in [3.8, 4) is 5.75 Å². The Bertz CT molecular complexity index is 1070. The van der Waals surface area contributed by atoms with Crippen molar-refractivity contribution in [1.29, 1.82) is 0 Å². The van der Waals surface area contributed by atoms with E-state index in [0.717, 1.165) is 11.1 Å². The van der Waals surface area contributed by atoms with Crippen LogP contribution >= 0.6 is 0 Å². The number of ether oxygens (including phenoxy) is 1. The van der Waals surface area contributed by atoms with Gasteiger partial charge in [-0.15, -0.1) is 0 Å². The maximum Gasteiger partial charge on any atom is 0.313 e. The van der Waals surface area contributed by atoms with Gasteiger partial charge in [-0.1, -0.05) is 12.1 Å². The van der Waals surface area contributed by atoms with E-state index in [2.05, 4.69) is 10.6 Å². The van der Waals surface area contributed by atoms with Crippen molar-refractivity contribution in [2.24, 2.45) is 0 Å². The molecule has 1 fully saturated rings. The van der Waals surface area contributed by atoms with Gasteiger partial charge >= 0.3 is 11.8 Å². The third-order valence-electron chi connectivity index (χ3n) is 5.33. The number of hydrogen-bond donors (Lipinski definition) is 2. The highest BCUT2D eigenvalue weighted by Crippen LogP contribution is 2.27. The molecule has 0 aliphatic carbocycles. The maximum absolute atomic E-state index is 13.0. The molecule has 1 aliphatic heterocycles. The van der Waals surface area contributed by atoms with E-state index < -0.39 is 27.9 Å². The zero-order chi connectivity index (χ0) is 22.6. The van der Waals surface area contributed by atoms with Crippen LogP contribution in [0.5, 0.6) is 5.75 Å². The largest absolute Gasteiger partial charge is 0.497 e. The summed E-state index contributed by atoms with van der Waals surface area (Å²) in [7, 11) is -2.20. The van der Waals surface area contributed by atoms with Gasteiger partial charge in [0.05, 0.1) is 12.0 Å². The zero-order valence-electron chi connectivity index (χ0n) is 17.8. The topological polar surface area (TPSA) is 105 Å². The number of nitrogens with zero attached hydrogens (tertiary/aromatic N) is 1. The Morgan fingerprint density at radius 1 is 1.10 bits per heavy atom. The molecule has 2 aromatic rings. The second-order valence-corrected chi connectivity index (χ2v) is 9.46. The molecule has 0 aromatic heterocycles. The molecule has 2 amide bonds. The molecule has 0 bridgehead atoms. The smallest absolute Gasteiger partial charge is 0.313 e. The molecular weight excluding hydrogens is 418 g/mol. The number of nitrogens with one attached hydrogen (secondary N) is 2. The first-order chi connectivity index (χ1) is 14.7. The lowest BCUT2D eigenvalue weighted by Gasteiger charge is -2.24. The zero-order valence-corrected chi connectivity index (χ0v) is 18.7. The lowest BCUT2D eigenvalue weighted by molar-refractivity contribution is -0.136. The number of hydrogen-bond acceptors (Lipinski definition) is 5. The molecule has 1 atom stereocenters. The minimum absolute atomic E-state index is 0.0639. The molecule has 0 unspecified atom stereocenters. The van der Waals surface area contributed by atoms with E-state index in [0.29, 0.717) is 30.8 Å². The minimum Gasteiger partial charge on any atom is -0.497 e. The molecule has 3 rings (SSSR count). The van der Waals surface area contributed by atoms with Crippen LogP contribution in [-0.4, -0.2) is 50.8 Å². The summed E-state index contributed by atoms with van der Waals surface area (Å²) in [6, 6.07) is 11.4. The third-order valence-corrected chi connectivity index (χ3v) is 7.30. The summed E-state index contributed by atoms with van der Waals surface area (Å²) < 4.78 is 32.5. The Morgan fingerprint density at radius 3 is 2.48 bits per heavy atom. The molecule has 1 saturated heterocycles. The average molecular weight is 446 g/mol. The SMILES string of the molecule is COc1ccc(S(=O)(=O)N2CCC[C@@H]2CNC(=O)C(=O)Nc2cc(C)ccc2C)cc1. The van der Waals surface area contributed by atoms with Gasteiger partial charge in [-0.25, -0.2) is 8.42 Å². The van der Waals surface area contributed by atoms with Crippen molar-refractivity contribution >= 4 is 27.5 Å². The van der Waals surface area contributed by atoms with Crippen molar-refractivity contribution in [1.82, 2.24) is 9.62 Å². The van der Waals surface area contributed by atoms with Crippen LogP contribution in [0.15, 0.2) is 47.4 Å². The minimum atomic E-state index is -3.71. The van der Waals surface area contributed by atoms with E-state index in [1.807, 2.05) is 26.0 Å². The van der Waals surface area contributed by atoms with Gasteiger partial charge in [-0.05, 0) is 68.1 Å². The van der Waals surface area contributed by atoms with E-state index in [1.165, 1.54) is 23.5 Å². The van der Waals surface area contributed by atoms with Gasteiger partial charge < -0.3 is 15.4 Å².